The lowest BCUT2D eigenvalue weighted by molar-refractivity contribution is -0.188. The predicted molar refractivity (Wildman–Crippen MR) is 83.8 cm³/mol. The van der Waals surface area contributed by atoms with Gasteiger partial charge >= 0.3 is 0 Å². The van der Waals surface area contributed by atoms with E-state index in [-0.39, 0.29) is 23.4 Å². The molecule has 0 amide bonds. The second-order valence-corrected chi connectivity index (χ2v) is 12.7. The fourth-order valence-corrected chi connectivity index (χ4v) is 3.47. The Labute approximate surface area is 133 Å². The predicted octanol–water partition coefficient (Wildman–Crippen LogP) is 2.59. The van der Waals surface area contributed by atoms with Crippen molar-refractivity contribution < 1.29 is 23.4 Å². The summed E-state index contributed by atoms with van der Waals surface area (Å²) in [6, 6.07) is 0. The van der Waals surface area contributed by atoms with Crippen LogP contribution in [0.1, 0.15) is 34.6 Å². The fraction of sp³-hybridized carbons (Fsp3) is 0.933. The molecule has 0 bridgehead atoms. The van der Waals surface area contributed by atoms with E-state index in [2.05, 4.69) is 38.9 Å². The number of carbonyl (C=O) groups excluding carboxylic acids is 1. The molecule has 6 nitrogen and oxygen atoms in total. The maximum absolute atomic E-state index is 10.6. The third-order valence-electron chi connectivity index (χ3n) is 4.72. The molecule has 0 spiro atoms. The molecule has 2 heterocycles. The average molecular weight is 329 g/mol. The number of isocyanates is 1. The summed E-state index contributed by atoms with van der Waals surface area (Å²) in [7, 11) is -1.88. The molecule has 0 radical (unpaired) electrons. The van der Waals surface area contributed by atoms with Gasteiger partial charge in [-0.05, 0) is 32.0 Å². The Balaban J connectivity index is 2.07. The number of rotatable bonds is 4. The topological polar surface area (TPSA) is 66.3 Å². The van der Waals surface area contributed by atoms with Crippen LogP contribution in [-0.2, 0) is 23.4 Å². The lowest BCUT2D eigenvalue weighted by Gasteiger charge is -2.37. The molecule has 2 saturated heterocycles. The second kappa shape index (κ2) is 5.82. The van der Waals surface area contributed by atoms with Gasteiger partial charge in [-0.2, -0.15) is 4.99 Å². The Bertz CT molecular complexity index is 467. The standard InChI is InChI=1S/C15H27NO5Si/c1-14(2,3)22(6,7)18-8-10-11-12(13(19-10)16-9-17)21-15(4,5)20-11/h10-13H,8H2,1-7H3/t10-,11-,12-,13-/m1/s1. The molecule has 0 unspecified atom stereocenters. The van der Waals surface area contributed by atoms with Crippen molar-refractivity contribution in [3.05, 3.63) is 0 Å². The maximum Gasteiger partial charge on any atom is 0.237 e. The van der Waals surface area contributed by atoms with Crippen LogP contribution in [0.15, 0.2) is 4.99 Å². The zero-order valence-corrected chi connectivity index (χ0v) is 15.5. The van der Waals surface area contributed by atoms with Gasteiger partial charge in [-0.1, -0.05) is 20.8 Å². The van der Waals surface area contributed by atoms with Crippen LogP contribution < -0.4 is 0 Å². The van der Waals surface area contributed by atoms with Crippen molar-refractivity contribution in [1.82, 2.24) is 0 Å². The van der Waals surface area contributed by atoms with E-state index in [0.29, 0.717) is 6.61 Å². The van der Waals surface area contributed by atoms with Crippen LogP contribution in [0.4, 0.5) is 0 Å². The molecule has 4 atom stereocenters. The van der Waals surface area contributed by atoms with Crippen molar-refractivity contribution in [1.29, 1.82) is 0 Å². The SMILES string of the molecule is CC1(C)O[C@@H]2[C@H](O1)[C@@H](CO[Si](C)(C)C(C)(C)C)O[C@H]2N=C=O. The molecule has 2 fully saturated rings. The Kier molecular flexibility index (Phi) is 4.70. The lowest BCUT2D eigenvalue weighted by atomic mass is 10.1. The normalized spacial score (nSPS) is 34.3. The van der Waals surface area contributed by atoms with Gasteiger partial charge in [-0.25, -0.2) is 4.79 Å². The van der Waals surface area contributed by atoms with Crippen molar-refractivity contribution in [2.24, 2.45) is 4.99 Å². The van der Waals surface area contributed by atoms with Gasteiger partial charge in [0.2, 0.25) is 6.08 Å². The molecule has 0 aromatic rings. The highest BCUT2D eigenvalue weighted by Gasteiger charge is 2.56. The summed E-state index contributed by atoms with van der Waals surface area (Å²) in [6.07, 6.45) is -0.0698. The van der Waals surface area contributed by atoms with E-state index in [1.807, 2.05) is 13.8 Å². The third-order valence-corrected chi connectivity index (χ3v) is 9.22. The molecular formula is C15H27NO5Si. The molecule has 2 aliphatic rings. The summed E-state index contributed by atoms with van der Waals surface area (Å²) >= 11 is 0. The van der Waals surface area contributed by atoms with Gasteiger partial charge in [0, 0.05) is 0 Å². The van der Waals surface area contributed by atoms with Crippen LogP contribution in [0, 0.1) is 0 Å². The largest absolute Gasteiger partial charge is 0.414 e. The van der Waals surface area contributed by atoms with Crippen molar-refractivity contribution in [3.63, 3.8) is 0 Å². The van der Waals surface area contributed by atoms with Gasteiger partial charge in [0.25, 0.3) is 0 Å². The Morgan fingerprint density at radius 1 is 1.23 bits per heavy atom. The van der Waals surface area contributed by atoms with Gasteiger partial charge in [0.1, 0.15) is 18.3 Å². The Morgan fingerprint density at radius 3 is 2.36 bits per heavy atom. The van der Waals surface area contributed by atoms with Crippen molar-refractivity contribution in [2.75, 3.05) is 6.61 Å². The van der Waals surface area contributed by atoms with E-state index in [1.165, 1.54) is 0 Å². The number of hydrogen-bond acceptors (Lipinski definition) is 6. The highest BCUT2D eigenvalue weighted by molar-refractivity contribution is 6.74. The number of hydrogen-bond donors (Lipinski definition) is 0. The monoisotopic (exact) mass is 329 g/mol. The molecule has 0 aromatic carbocycles. The summed E-state index contributed by atoms with van der Waals surface area (Å²) in [4.78, 5) is 14.3. The van der Waals surface area contributed by atoms with Gasteiger partial charge in [0.05, 0.1) is 6.61 Å². The molecular weight excluding hydrogens is 302 g/mol. The van der Waals surface area contributed by atoms with E-state index in [0.717, 1.165) is 0 Å². The molecule has 22 heavy (non-hydrogen) atoms. The zero-order chi connectivity index (χ0) is 16.8. The van der Waals surface area contributed by atoms with E-state index in [9.17, 15) is 4.79 Å². The van der Waals surface area contributed by atoms with Gasteiger partial charge < -0.3 is 18.6 Å². The van der Waals surface area contributed by atoms with Crippen molar-refractivity contribution >= 4 is 14.4 Å². The first-order chi connectivity index (χ1) is 9.97. The van der Waals surface area contributed by atoms with Crippen LogP contribution >= 0.6 is 0 Å². The summed E-state index contributed by atoms with van der Waals surface area (Å²) in [5.41, 5.74) is 0. The lowest BCUT2D eigenvalue weighted by Crippen LogP contribution is -2.44. The van der Waals surface area contributed by atoms with E-state index >= 15 is 0 Å². The van der Waals surface area contributed by atoms with E-state index < -0.39 is 20.3 Å². The molecule has 0 aromatic heterocycles. The summed E-state index contributed by atoms with van der Waals surface area (Å²) in [5, 5.41) is 0.123. The number of fused-ring (bicyclic) bond motifs is 1. The molecule has 126 valence electrons. The van der Waals surface area contributed by atoms with Crippen LogP contribution in [0.25, 0.3) is 0 Å². The van der Waals surface area contributed by atoms with Gasteiger partial charge in [-0.15, -0.1) is 0 Å². The van der Waals surface area contributed by atoms with Crippen LogP contribution in [-0.4, -0.2) is 51.3 Å². The maximum atomic E-state index is 10.6. The highest BCUT2D eigenvalue weighted by Crippen LogP contribution is 2.41. The minimum absolute atomic E-state index is 0.123. The highest BCUT2D eigenvalue weighted by atomic mass is 28.4. The first-order valence-electron chi connectivity index (χ1n) is 7.69. The zero-order valence-electron chi connectivity index (χ0n) is 14.5. The van der Waals surface area contributed by atoms with Crippen molar-refractivity contribution in [3.8, 4) is 0 Å². The first kappa shape index (κ1) is 17.8. The number of aliphatic imine (C=N–C) groups is 1. The first-order valence-corrected chi connectivity index (χ1v) is 10.6. The minimum Gasteiger partial charge on any atom is -0.414 e. The van der Waals surface area contributed by atoms with E-state index in [1.54, 1.807) is 6.08 Å². The molecule has 0 N–H and O–H groups in total. The molecule has 2 aliphatic heterocycles. The number of ether oxygens (including phenoxy) is 3. The fourth-order valence-electron chi connectivity index (χ4n) is 2.46. The van der Waals surface area contributed by atoms with Gasteiger partial charge in [-0.3, -0.25) is 0 Å². The molecule has 2 rings (SSSR count). The number of nitrogens with zero attached hydrogens (tertiary/aromatic N) is 1. The van der Waals surface area contributed by atoms with Crippen LogP contribution in [0.2, 0.25) is 18.1 Å². The van der Waals surface area contributed by atoms with Crippen molar-refractivity contribution in [2.45, 2.75) is 83.1 Å². The Hall–Kier alpha value is -0.563. The van der Waals surface area contributed by atoms with Crippen LogP contribution in [0.5, 0.6) is 0 Å². The minimum atomic E-state index is -1.88. The summed E-state index contributed by atoms with van der Waals surface area (Å²) in [5.74, 6) is -0.703. The third kappa shape index (κ3) is 3.50. The van der Waals surface area contributed by atoms with E-state index in [4.69, 9.17) is 18.6 Å². The molecule has 0 aliphatic carbocycles. The van der Waals surface area contributed by atoms with Gasteiger partial charge in [0.15, 0.2) is 20.3 Å². The second-order valence-electron chi connectivity index (χ2n) is 7.92. The summed E-state index contributed by atoms with van der Waals surface area (Å²) in [6.45, 7) is 15.1. The average Bonchev–Trinajstić information content (AvgIpc) is 2.81. The summed E-state index contributed by atoms with van der Waals surface area (Å²) < 4.78 is 23.7. The Morgan fingerprint density at radius 2 is 1.82 bits per heavy atom. The smallest absolute Gasteiger partial charge is 0.237 e. The van der Waals surface area contributed by atoms with Crippen LogP contribution in [0.3, 0.4) is 0 Å². The molecule has 0 saturated carbocycles. The molecule has 7 heteroatoms. The quantitative estimate of drug-likeness (QED) is 0.450.